The van der Waals surface area contributed by atoms with Crippen molar-refractivity contribution in [3.05, 3.63) is 0 Å². The van der Waals surface area contributed by atoms with E-state index in [0.717, 1.165) is 5.71 Å². The lowest BCUT2D eigenvalue weighted by Gasteiger charge is -2.31. The van der Waals surface area contributed by atoms with E-state index in [-0.39, 0.29) is 11.8 Å². The van der Waals surface area contributed by atoms with Gasteiger partial charge in [-0.3, -0.25) is 4.79 Å². The Morgan fingerprint density at radius 1 is 1.79 bits per heavy atom. The van der Waals surface area contributed by atoms with Crippen LogP contribution in [0.15, 0.2) is 5.16 Å². The predicted molar refractivity (Wildman–Crippen MR) is 58.0 cm³/mol. The van der Waals surface area contributed by atoms with Gasteiger partial charge in [-0.15, -0.1) is 0 Å². The summed E-state index contributed by atoms with van der Waals surface area (Å²) in [6.45, 7) is 3.34. The van der Waals surface area contributed by atoms with Crippen molar-refractivity contribution in [1.29, 1.82) is 0 Å². The van der Waals surface area contributed by atoms with Crippen molar-refractivity contribution in [1.82, 2.24) is 4.90 Å². The summed E-state index contributed by atoms with van der Waals surface area (Å²) in [7, 11) is 0. The van der Waals surface area contributed by atoms with E-state index < -0.39 is 0 Å². The quantitative estimate of drug-likeness (QED) is 0.554. The van der Waals surface area contributed by atoms with Crippen LogP contribution in [0, 0.1) is 5.92 Å². The molecule has 0 aliphatic carbocycles. The zero-order valence-electron chi connectivity index (χ0n) is 8.56. The molecule has 1 N–H and O–H groups in total. The highest BCUT2D eigenvalue weighted by molar-refractivity contribution is 7.99. The molecular weight excluding hydrogens is 200 g/mol. The molecule has 0 aromatic rings. The van der Waals surface area contributed by atoms with Crippen LogP contribution in [0.25, 0.3) is 0 Å². The molecule has 1 amide bonds. The van der Waals surface area contributed by atoms with Crippen molar-refractivity contribution >= 4 is 23.4 Å². The number of hydrogen-bond donors (Lipinski definition) is 1. The van der Waals surface area contributed by atoms with Crippen LogP contribution in [0.5, 0.6) is 0 Å². The average Bonchev–Trinajstić information content (AvgIpc) is 2.18. The van der Waals surface area contributed by atoms with Crippen LogP contribution in [-0.2, 0) is 4.79 Å². The summed E-state index contributed by atoms with van der Waals surface area (Å²) >= 11 is 1.54. The van der Waals surface area contributed by atoms with Crippen LogP contribution in [0.1, 0.15) is 13.3 Å². The first-order valence-electron chi connectivity index (χ1n) is 4.66. The number of oxime groups is 1. The summed E-state index contributed by atoms with van der Waals surface area (Å²) in [6, 6.07) is 0. The fourth-order valence-electron chi connectivity index (χ4n) is 1.61. The minimum Gasteiger partial charge on any atom is -0.411 e. The lowest BCUT2D eigenvalue weighted by Crippen LogP contribution is -2.44. The number of hydrogen-bond acceptors (Lipinski definition) is 4. The minimum absolute atomic E-state index is 0.180. The van der Waals surface area contributed by atoms with Crippen LogP contribution in [0.4, 0.5) is 0 Å². The van der Waals surface area contributed by atoms with Crippen LogP contribution in [0.2, 0.25) is 0 Å². The van der Waals surface area contributed by atoms with Crippen molar-refractivity contribution < 1.29 is 10.0 Å². The lowest BCUT2D eigenvalue weighted by molar-refractivity contribution is -0.128. The SMILES string of the molecule is CSCC(=O)N1CCC(=NO)C(C)C1. The highest BCUT2D eigenvalue weighted by atomic mass is 32.2. The second kappa shape index (κ2) is 5.24. The van der Waals surface area contributed by atoms with E-state index in [9.17, 15) is 4.79 Å². The molecule has 14 heavy (non-hydrogen) atoms. The summed E-state index contributed by atoms with van der Waals surface area (Å²) < 4.78 is 0. The summed E-state index contributed by atoms with van der Waals surface area (Å²) in [5.74, 6) is 0.902. The molecule has 1 heterocycles. The monoisotopic (exact) mass is 216 g/mol. The van der Waals surface area contributed by atoms with Gasteiger partial charge in [0.05, 0.1) is 11.5 Å². The Morgan fingerprint density at radius 2 is 2.50 bits per heavy atom. The Labute approximate surface area is 88.3 Å². The van der Waals surface area contributed by atoms with Gasteiger partial charge >= 0.3 is 0 Å². The Balaban J connectivity index is 2.50. The molecule has 0 spiro atoms. The molecule has 4 nitrogen and oxygen atoms in total. The summed E-state index contributed by atoms with van der Waals surface area (Å²) in [5.41, 5.74) is 0.804. The predicted octanol–water partition coefficient (Wildman–Crippen LogP) is 1.05. The third kappa shape index (κ3) is 2.64. The van der Waals surface area contributed by atoms with E-state index in [0.29, 0.717) is 25.3 Å². The number of carbonyl (C=O) groups excluding carboxylic acids is 1. The number of likely N-dealkylation sites (tertiary alicyclic amines) is 1. The Hall–Kier alpha value is -0.710. The number of piperidine rings is 1. The Kier molecular flexibility index (Phi) is 4.25. The van der Waals surface area contributed by atoms with Gasteiger partial charge in [-0.05, 0) is 6.26 Å². The van der Waals surface area contributed by atoms with E-state index in [2.05, 4.69) is 5.16 Å². The van der Waals surface area contributed by atoms with E-state index in [1.54, 1.807) is 11.8 Å². The molecule has 0 bridgehead atoms. The maximum absolute atomic E-state index is 11.5. The smallest absolute Gasteiger partial charge is 0.232 e. The summed E-state index contributed by atoms with van der Waals surface area (Å²) in [4.78, 5) is 13.4. The van der Waals surface area contributed by atoms with Gasteiger partial charge in [-0.25, -0.2) is 0 Å². The molecule has 1 saturated heterocycles. The zero-order chi connectivity index (χ0) is 10.6. The first-order chi connectivity index (χ1) is 6.69. The highest BCUT2D eigenvalue weighted by Gasteiger charge is 2.25. The third-order valence-electron chi connectivity index (χ3n) is 2.45. The van der Waals surface area contributed by atoms with Crippen LogP contribution >= 0.6 is 11.8 Å². The molecule has 1 aliphatic heterocycles. The molecule has 0 radical (unpaired) electrons. The molecule has 0 aromatic carbocycles. The molecule has 1 aliphatic rings. The largest absolute Gasteiger partial charge is 0.411 e. The number of amides is 1. The van der Waals surface area contributed by atoms with Gasteiger partial charge < -0.3 is 10.1 Å². The Morgan fingerprint density at radius 3 is 3.00 bits per heavy atom. The third-order valence-corrected chi connectivity index (χ3v) is 2.99. The highest BCUT2D eigenvalue weighted by Crippen LogP contribution is 2.14. The average molecular weight is 216 g/mol. The Bertz CT molecular complexity index is 243. The van der Waals surface area contributed by atoms with Gasteiger partial charge in [0.2, 0.25) is 5.91 Å². The van der Waals surface area contributed by atoms with Crippen LogP contribution in [0.3, 0.4) is 0 Å². The van der Waals surface area contributed by atoms with Gasteiger partial charge in [0.1, 0.15) is 0 Å². The molecule has 0 saturated carbocycles. The standard InChI is InChI=1S/C9H16N2O2S/c1-7-5-11(9(12)6-14-2)4-3-8(7)10-13/h7,13H,3-6H2,1-2H3. The van der Waals surface area contributed by atoms with Gasteiger partial charge in [0.15, 0.2) is 0 Å². The van der Waals surface area contributed by atoms with E-state index in [4.69, 9.17) is 5.21 Å². The normalized spacial score (nSPS) is 25.4. The van der Waals surface area contributed by atoms with Gasteiger partial charge in [-0.2, -0.15) is 11.8 Å². The molecule has 80 valence electrons. The second-order valence-electron chi connectivity index (χ2n) is 3.52. The molecular formula is C9H16N2O2S. The van der Waals surface area contributed by atoms with Crippen molar-refractivity contribution in [2.24, 2.45) is 11.1 Å². The molecule has 0 aromatic heterocycles. The minimum atomic E-state index is 0.180. The molecule has 1 unspecified atom stereocenters. The molecule has 1 fully saturated rings. The molecule has 5 heteroatoms. The van der Waals surface area contributed by atoms with Crippen molar-refractivity contribution in [2.75, 3.05) is 25.1 Å². The van der Waals surface area contributed by atoms with Crippen molar-refractivity contribution in [2.45, 2.75) is 13.3 Å². The van der Waals surface area contributed by atoms with E-state index >= 15 is 0 Å². The summed E-state index contributed by atoms with van der Waals surface area (Å²) in [5, 5.41) is 11.9. The van der Waals surface area contributed by atoms with Gasteiger partial charge in [-0.1, -0.05) is 12.1 Å². The second-order valence-corrected chi connectivity index (χ2v) is 4.38. The van der Waals surface area contributed by atoms with Gasteiger partial charge in [0.25, 0.3) is 0 Å². The number of rotatable bonds is 2. The van der Waals surface area contributed by atoms with E-state index in [1.165, 1.54) is 0 Å². The topological polar surface area (TPSA) is 52.9 Å². The van der Waals surface area contributed by atoms with Crippen molar-refractivity contribution in [3.63, 3.8) is 0 Å². The molecule has 1 rings (SSSR count). The summed E-state index contributed by atoms with van der Waals surface area (Å²) in [6.07, 6.45) is 2.61. The fourth-order valence-corrected chi connectivity index (χ4v) is 2.04. The molecule has 1 atom stereocenters. The number of carbonyl (C=O) groups is 1. The maximum atomic E-state index is 11.5. The number of nitrogens with zero attached hydrogens (tertiary/aromatic N) is 2. The van der Waals surface area contributed by atoms with Crippen LogP contribution < -0.4 is 0 Å². The van der Waals surface area contributed by atoms with Crippen molar-refractivity contribution in [3.8, 4) is 0 Å². The first-order valence-corrected chi connectivity index (χ1v) is 6.06. The van der Waals surface area contributed by atoms with Gasteiger partial charge in [0, 0.05) is 25.4 Å². The fraction of sp³-hybridized carbons (Fsp3) is 0.778. The number of thioether (sulfide) groups is 1. The maximum Gasteiger partial charge on any atom is 0.232 e. The first kappa shape index (κ1) is 11.4. The van der Waals surface area contributed by atoms with Crippen LogP contribution in [-0.4, -0.2) is 46.8 Å². The zero-order valence-corrected chi connectivity index (χ0v) is 9.38. The lowest BCUT2D eigenvalue weighted by atomic mass is 9.98. The van der Waals surface area contributed by atoms with E-state index in [1.807, 2.05) is 18.1 Å².